The molecular weight excluding hydrogens is 140 g/mol. The van der Waals surface area contributed by atoms with E-state index in [4.69, 9.17) is 10.5 Å². The minimum atomic E-state index is 0.202. The molecular formula is C8H18N2O. The summed E-state index contributed by atoms with van der Waals surface area (Å²) in [6, 6.07) is 0.202. The van der Waals surface area contributed by atoms with Crippen molar-refractivity contribution < 1.29 is 4.74 Å². The number of piperidine rings is 1. The average molecular weight is 158 g/mol. The molecule has 1 aliphatic heterocycles. The summed E-state index contributed by atoms with van der Waals surface area (Å²) in [7, 11) is 2.10. The molecule has 0 bridgehead atoms. The normalized spacial score (nSPS) is 34.1. The third kappa shape index (κ3) is 2.43. The lowest BCUT2D eigenvalue weighted by Crippen LogP contribution is -2.50. The molecule has 66 valence electrons. The molecule has 0 aromatic rings. The van der Waals surface area contributed by atoms with Crippen molar-refractivity contribution in [2.75, 3.05) is 26.7 Å². The Morgan fingerprint density at radius 1 is 1.64 bits per heavy atom. The Balaban J connectivity index is 2.31. The fourth-order valence-corrected chi connectivity index (χ4v) is 1.55. The van der Waals surface area contributed by atoms with Crippen LogP contribution >= 0.6 is 0 Å². The van der Waals surface area contributed by atoms with Crippen LogP contribution in [0.3, 0.4) is 0 Å². The Labute approximate surface area is 68.5 Å². The summed E-state index contributed by atoms with van der Waals surface area (Å²) in [6.45, 7) is 4.87. The summed E-state index contributed by atoms with van der Waals surface area (Å²) in [4.78, 5) is 2.25. The number of nitrogens with zero attached hydrogens (tertiary/aromatic N) is 1. The number of ether oxygens (including phenoxy) is 1. The van der Waals surface area contributed by atoms with Gasteiger partial charge < -0.3 is 15.4 Å². The number of hydrogen-bond acceptors (Lipinski definition) is 3. The third-order valence-corrected chi connectivity index (χ3v) is 2.18. The molecule has 1 saturated heterocycles. The Kier molecular flexibility index (Phi) is 3.30. The van der Waals surface area contributed by atoms with Crippen molar-refractivity contribution in [1.82, 2.24) is 4.90 Å². The highest BCUT2D eigenvalue weighted by atomic mass is 16.5. The van der Waals surface area contributed by atoms with E-state index in [0.717, 1.165) is 26.1 Å². The van der Waals surface area contributed by atoms with E-state index in [1.807, 2.05) is 6.92 Å². The molecule has 0 saturated carbocycles. The maximum atomic E-state index is 5.89. The zero-order valence-electron chi connectivity index (χ0n) is 7.42. The molecule has 1 rings (SSSR count). The zero-order chi connectivity index (χ0) is 8.27. The maximum absolute atomic E-state index is 5.89. The van der Waals surface area contributed by atoms with Gasteiger partial charge in [0.2, 0.25) is 0 Å². The van der Waals surface area contributed by atoms with Crippen molar-refractivity contribution in [2.24, 2.45) is 5.73 Å². The van der Waals surface area contributed by atoms with E-state index in [2.05, 4.69) is 11.9 Å². The van der Waals surface area contributed by atoms with Crippen LogP contribution in [0.25, 0.3) is 0 Å². The topological polar surface area (TPSA) is 38.5 Å². The first-order valence-corrected chi connectivity index (χ1v) is 4.29. The van der Waals surface area contributed by atoms with E-state index in [1.54, 1.807) is 0 Å². The van der Waals surface area contributed by atoms with Crippen molar-refractivity contribution in [2.45, 2.75) is 25.5 Å². The Hall–Kier alpha value is -0.120. The van der Waals surface area contributed by atoms with Crippen LogP contribution in [0.1, 0.15) is 13.3 Å². The fourth-order valence-electron chi connectivity index (χ4n) is 1.55. The van der Waals surface area contributed by atoms with Crippen LogP contribution in [0.4, 0.5) is 0 Å². The highest BCUT2D eigenvalue weighted by molar-refractivity contribution is 4.82. The number of nitrogens with two attached hydrogens (primary N) is 1. The van der Waals surface area contributed by atoms with E-state index in [-0.39, 0.29) is 12.1 Å². The van der Waals surface area contributed by atoms with Crippen LogP contribution in [0.15, 0.2) is 0 Å². The number of likely N-dealkylation sites (tertiary alicyclic amines) is 1. The van der Waals surface area contributed by atoms with Gasteiger partial charge in [-0.3, -0.25) is 0 Å². The van der Waals surface area contributed by atoms with Crippen LogP contribution in [0.5, 0.6) is 0 Å². The number of likely N-dealkylation sites (N-methyl/N-ethyl adjacent to an activating group) is 1. The first kappa shape index (κ1) is 8.97. The molecule has 1 fully saturated rings. The lowest BCUT2D eigenvalue weighted by molar-refractivity contribution is 0.00510. The molecule has 0 spiro atoms. The summed E-state index contributed by atoms with van der Waals surface area (Å²) >= 11 is 0. The van der Waals surface area contributed by atoms with Crippen LogP contribution in [-0.4, -0.2) is 43.8 Å². The summed E-state index contributed by atoms with van der Waals surface area (Å²) in [5.74, 6) is 0. The summed E-state index contributed by atoms with van der Waals surface area (Å²) in [6.07, 6.45) is 1.36. The van der Waals surface area contributed by atoms with E-state index in [1.165, 1.54) is 0 Å². The molecule has 11 heavy (non-hydrogen) atoms. The molecule has 0 aromatic heterocycles. The molecule has 0 aromatic carbocycles. The average Bonchev–Trinajstić information content (AvgIpc) is 1.95. The zero-order valence-corrected chi connectivity index (χ0v) is 7.42. The number of hydrogen-bond donors (Lipinski definition) is 1. The van der Waals surface area contributed by atoms with Gasteiger partial charge in [-0.1, -0.05) is 0 Å². The van der Waals surface area contributed by atoms with Crippen LogP contribution in [-0.2, 0) is 4.74 Å². The van der Waals surface area contributed by atoms with Crippen LogP contribution < -0.4 is 5.73 Å². The predicted molar refractivity (Wildman–Crippen MR) is 45.5 cm³/mol. The standard InChI is InChI=1S/C8H18N2O/c1-3-11-8-4-5-10(2)6-7(8)9/h7-8H,3-6,9H2,1-2H3. The van der Waals surface area contributed by atoms with Gasteiger partial charge in [0, 0.05) is 25.7 Å². The molecule has 0 aliphatic carbocycles. The summed E-state index contributed by atoms with van der Waals surface area (Å²) in [5, 5.41) is 0. The highest BCUT2D eigenvalue weighted by Gasteiger charge is 2.24. The van der Waals surface area contributed by atoms with Crippen molar-refractivity contribution in [3.63, 3.8) is 0 Å². The smallest absolute Gasteiger partial charge is 0.0750 e. The van der Waals surface area contributed by atoms with Crippen LogP contribution in [0, 0.1) is 0 Å². The Morgan fingerprint density at radius 3 is 2.91 bits per heavy atom. The molecule has 3 heteroatoms. The van der Waals surface area contributed by atoms with E-state index >= 15 is 0 Å². The van der Waals surface area contributed by atoms with Crippen molar-refractivity contribution >= 4 is 0 Å². The van der Waals surface area contributed by atoms with Gasteiger partial charge in [0.05, 0.1) is 6.10 Å². The van der Waals surface area contributed by atoms with Crippen LogP contribution in [0.2, 0.25) is 0 Å². The predicted octanol–water partition coefficient (Wildman–Crippen LogP) is 0.0543. The van der Waals surface area contributed by atoms with Gasteiger partial charge in [0.1, 0.15) is 0 Å². The summed E-state index contributed by atoms with van der Waals surface area (Å²) in [5.41, 5.74) is 5.89. The van der Waals surface area contributed by atoms with E-state index in [0.29, 0.717) is 0 Å². The second-order valence-electron chi connectivity index (χ2n) is 3.21. The van der Waals surface area contributed by atoms with E-state index in [9.17, 15) is 0 Å². The molecule has 1 heterocycles. The molecule has 2 N–H and O–H groups in total. The molecule has 0 radical (unpaired) electrons. The molecule has 2 unspecified atom stereocenters. The largest absolute Gasteiger partial charge is 0.377 e. The lowest BCUT2D eigenvalue weighted by Gasteiger charge is -2.34. The van der Waals surface area contributed by atoms with Gasteiger partial charge in [-0.05, 0) is 20.4 Å². The monoisotopic (exact) mass is 158 g/mol. The van der Waals surface area contributed by atoms with Gasteiger partial charge >= 0.3 is 0 Å². The van der Waals surface area contributed by atoms with Gasteiger partial charge in [-0.2, -0.15) is 0 Å². The Bertz CT molecular complexity index is 119. The molecule has 3 nitrogen and oxygen atoms in total. The maximum Gasteiger partial charge on any atom is 0.0750 e. The second kappa shape index (κ2) is 4.04. The molecule has 1 aliphatic rings. The second-order valence-corrected chi connectivity index (χ2v) is 3.21. The molecule has 0 amide bonds. The SMILES string of the molecule is CCOC1CCN(C)CC1N. The van der Waals surface area contributed by atoms with E-state index < -0.39 is 0 Å². The van der Waals surface area contributed by atoms with Gasteiger partial charge in [-0.15, -0.1) is 0 Å². The third-order valence-electron chi connectivity index (χ3n) is 2.18. The minimum Gasteiger partial charge on any atom is -0.377 e. The first-order chi connectivity index (χ1) is 5.24. The first-order valence-electron chi connectivity index (χ1n) is 4.29. The fraction of sp³-hybridized carbons (Fsp3) is 1.00. The quantitative estimate of drug-likeness (QED) is 0.617. The molecule has 2 atom stereocenters. The Morgan fingerprint density at radius 2 is 2.36 bits per heavy atom. The number of rotatable bonds is 2. The van der Waals surface area contributed by atoms with Gasteiger partial charge in [0.15, 0.2) is 0 Å². The van der Waals surface area contributed by atoms with Gasteiger partial charge in [0.25, 0.3) is 0 Å². The van der Waals surface area contributed by atoms with Crippen molar-refractivity contribution in [3.05, 3.63) is 0 Å². The summed E-state index contributed by atoms with van der Waals surface area (Å²) < 4.78 is 5.49. The van der Waals surface area contributed by atoms with Crippen molar-refractivity contribution in [1.29, 1.82) is 0 Å². The van der Waals surface area contributed by atoms with Crippen molar-refractivity contribution in [3.8, 4) is 0 Å². The highest BCUT2D eigenvalue weighted by Crippen LogP contribution is 2.10. The minimum absolute atomic E-state index is 0.202. The lowest BCUT2D eigenvalue weighted by atomic mass is 10.0. The van der Waals surface area contributed by atoms with Gasteiger partial charge in [-0.25, -0.2) is 0 Å².